The molecular formula is C19H22N2O2. The summed E-state index contributed by atoms with van der Waals surface area (Å²) in [5, 5.41) is 3.55. The molecule has 2 aromatic carbocycles. The van der Waals surface area contributed by atoms with Crippen LogP contribution in [-0.4, -0.2) is 37.1 Å². The van der Waals surface area contributed by atoms with E-state index in [1.54, 1.807) is 12.1 Å². The van der Waals surface area contributed by atoms with Gasteiger partial charge in [0.1, 0.15) is 0 Å². The van der Waals surface area contributed by atoms with Crippen LogP contribution in [0.2, 0.25) is 0 Å². The Kier molecular flexibility index (Phi) is 4.93. The lowest BCUT2D eigenvalue weighted by Crippen LogP contribution is -2.25. The third-order valence-electron chi connectivity index (χ3n) is 4.20. The Bertz CT molecular complexity index is 640. The predicted octanol–water partition coefficient (Wildman–Crippen LogP) is 3.16. The molecule has 2 aromatic rings. The van der Waals surface area contributed by atoms with Crippen LogP contribution < -0.4 is 5.32 Å². The average Bonchev–Trinajstić information content (AvgIpc) is 3.02. The highest BCUT2D eigenvalue weighted by molar-refractivity contribution is 5.89. The van der Waals surface area contributed by atoms with Gasteiger partial charge < -0.3 is 10.1 Å². The summed E-state index contributed by atoms with van der Waals surface area (Å²) in [5.41, 5.74) is 2.98. The minimum absolute atomic E-state index is 0.300. The molecule has 4 heteroatoms. The molecular weight excluding hydrogens is 288 g/mol. The molecule has 0 bridgehead atoms. The summed E-state index contributed by atoms with van der Waals surface area (Å²) in [4.78, 5) is 13.9. The zero-order valence-electron chi connectivity index (χ0n) is 13.4. The Balaban J connectivity index is 1.52. The fourth-order valence-corrected chi connectivity index (χ4v) is 2.99. The number of benzene rings is 2. The van der Waals surface area contributed by atoms with Gasteiger partial charge in [-0.3, -0.25) is 4.90 Å². The Morgan fingerprint density at radius 3 is 2.61 bits per heavy atom. The molecule has 1 saturated heterocycles. The number of nitrogens with zero attached hydrogens (tertiary/aromatic N) is 1. The third kappa shape index (κ3) is 4.11. The van der Waals surface area contributed by atoms with Crippen LogP contribution in [0.25, 0.3) is 0 Å². The van der Waals surface area contributed by atoms with Gasteiger partial charge in [-0.15, -0.1) is 0 Å². The van der Waals surface area contributed by atoms with E-state index in [2.05, 4.69) is 40.5 Å². The highest BCUT2D eigenvalue weighted by Gasteiger charge is 2.22. The second-order valence-corrected chi connectivity index (χ2v) is 5.92. The quantitative estimate of drug-likeness (QED) is 0.861. The van der Waals surface area contributed by atoms with Gasteiger partial charge in [0.25, 0.3) is 0 Å². The van der Waals surface area contributed by atoms with Gasteiger partial charge in [0.2, 0.25) is 0 Å². The monoisotopic (exact) mass is 310 g/mol. The Labute approximate surface area is 137 Å². The molecule has 120 valence electrons. The van der Waals surface area contributed by atoms with Crippen molar-refractivity contribution in [3.8, 4) is 0 Å². The van der Waals surface area contributed by atoms with E-state index in [-0.39, 0.29) is 5.97 Å². The van der Waals surface area contributed by atoms with Crippen molar-refractivity contribution in [1.29, 1.82) is 0 Å². The van der Waals surface area contributed by atoms with Crippen LogP contribution in [0.4, 0.5) is 5.69 Å². The van der Waals surface area contributed by atoms with E-state index in [9.17, 15) is 4.79 Å². The van der Waals surface area contributed by atoms with E-state index in [4.69, 9.17) is 4.74 Å². The van der Waals surface area contributed by atoms with Crippen molar-refractivity contribution in [3.05, 3.63) is 65.7 Å². The zero-order valence-corrected chi connectivity index (χ0v) is 13.4. The predicted molar refractivity (Wildman–Crippen MR) is 91.5 cm³/mol. The fraction of sp³-hybridized carbons (Fsp3) is 0.316. The molecule has 1 fully saturated rings. The van der Waals surface area contributed by atoms with Crippen molar-refractivity contribution in [2.45, 2.75) is 19.0 Å². The molecule has 0 unspecified atom stereocenters. The largest absolute Gasteiger partial charge is 0.465 e. The molecule has 1 aliphatic rings. The Morgan fingerprint density at radius 2 is 1.91 bits per heavy atom. The maximum atomic E-state index is 11.4. The van der Waals surface area contributed by atoms with Gasteiger partial charge in [-0.2, -0.15) is 0 Å². The number of hydrogen-bond donors (Lipinski definition) is 1. The molecule has 1 N–H and O–H groups in total. The summed E-state index contributed by atoms with van der Waals surface area (Å²) in [6, 6.07) is 18.5. The molecule has 0 aromatic heterocycles. The molecule has 0 aliphatic carbocycles. The molecule has 23 heavy (non-hydrogen) atoms. The van der Waals surface area contributed by atoms with Crippen LogP contribution in [0.1, 0.15) is 22.3 Å². The molecule has 0 spiro atoms. The number of rotatable bonds is 5. The van der Waals surface area contributed by atoms with E-state index in [0.29, 0.717) is 11.6 Å². The number of methoxy groups -OCH3 is 1. The van der Waals surface area contributed by atoms with Crippen LogP contribution >= 0.6 is 0 Å². The van der Waals surface area contributed by atoms with Crippen LogP contribution in [-0.2, 0) is 11.3 Å². The number of likely N-dealkylation sites (tertiary alicyclic amines) is 1. The van der Waals surface area contributed by atoms with Crippen molar-refractivity contribution in [2.24, 2.45) is 0 Å². The molecule has 0 saturated carbocycles. The number of carbonyl (C=O) groups is 1. The van der Waals surface area contributed by atoms with Gasteiger partial charge in [-0.05, 0) is 36.2 Å². The smallest absolute Gasteiger partial charge is 0.337 e. The van der Waals surface area contributed by atoms with E-state index in [0.717, 1.165) is 31.7 Å². The lowest BCUT2D eigenvalue weighted by atomic mass is 10.2. The Morgan fingerprint density at radius 1 is 1.17 bits per heavy atom. The summed E-state index contributed by atoms with van der Waals surface area (Å²) in [6.45, 7) is 3.14. The lowest BCUT2D eigenvalue weighted by molar-refractivity contribution is 0.0601. The first kappa shape index (κ1) is 15.6. The summed E-state index contributed by atoms with van der Waals surface area (Å²) in [7, 11) is 1.40. The highest BCUT2D eigenvalue weighted by Crippen LogP contribution is 2.18. The van der Waals surface area contributed by atoms with Crippen LogP contribution in [0.3, 0.4) is 0 Å². The topological polar surface area (TPSA) is 41.6 Å². The van der Waals surface area contributed by atoms with Gasteiger partial charge in [0, 0.05) is 31.4 Å². The minimum atomic E-state index is -0.300. The normalized spacial score (nSPS) is 17.9. The molecule has 0 amide bonds. The lowest BCUT2D eigenvalue weighted by Gasteiger charge is -2.17. The average molecular weight is 310 g/mol. The maximum absolute atomic E-state index is 11.4. The maximum Gasteiger partial charge on any atom is 0.337 e. The second kappa shape index (κ2) is 7.29. The zero-order chi connectivity index (χ0) is 16.1. The van der Waals surface area contributed by atoms with Crippen LogP contribution in [0, 0.1) is 0 Å². The summed E-state index contributed by atoms with van der Waals surface area (Å²) in [6.07, 6.45) is 1.13. The summed E-state index contributed by atoms with van der Waals surface area (Å²) < 4.78 is 4.71. The number of hydrogen-bond acceptors (Lipinski definition) is 4. The van der Waals surface area contributed by atoms with Crippen LogP contribution in [0.5, 0.6) is 0 Å². The first-order valence-electron chi connectivity index (χ1n) is 7.96. The number of nitrogens with one attached hydrogen (secondary N) is 1. The van der Waals surface area contributed by atoms with Crippen molar-refractivity contribution in [1.82, 2.24) is 4.90 Å². The fourth-order valence-electron chi connectivity index (χ4n) is 2.99. The Hall–Kier alpha value is -2.33. The molecule has 1 atom stereocenters. The van der Waals surface area contributed by atoms with Crippen LogP contribution in [0.15, 0.2) is 54.6 Å². The van der Waals surface area contributed by atoms with Crippen molar-refractivity contribution >= 4 is 11.7 Å². The van der Waals surface area contributed by atoms with E-state index in [1.807, 2.05) is 12.1 Å². The van der Waals surface area contributed by atoms with E-state index < -0.39 is 0 Å². The molecule has 1 aliphatic heterocycles. The number of esters is 1. The number of anilines is 1. The van der Waals surface area contributed by atoms with Gasteiger partial charge in [-0.1, -0.05) is 30.3 Å². The third-order valence-corrected chi connectivity index (χ3v) is 4.20. The van der Waals surface area contributed by atoms with Gasteiger partial charge >= 0.3 is 5.97 Å². The highest BCUT2D eigenvalue weighted by atomic mass is 16.5. The van der Waals surface area contributed by atoms with Gasteiger partial charge in [0.05, 0.1) is 12.7 Å². The van der Waals surface area contributed by atoms with E-state index in [1.165, 1.54) is 12.7 Å². The number of carbonyl (C=O) groups excluding carboxylic acids is 1. The summed E-state index contributed by atoms with van der Waals surface area (Å²) in [5.74, 6) is -0.300. The summed E-state index contributed by atoms with van der Waals surface area (Å²) >= 11 is 0. The first-order chi connectivity index (χ1) is 11.2. The van der Waals surface area contributed by atoms with E-state index >= 15 is 0 Å². The first-order valence-corrected chi connectivity index (χ1v) is 7.96. The second-order valence-electron chi connectivity index (χ2n) is 5.92. The number of ether oxygens (including phenoxy) is 1. The van der Waals surface area contributed by atoms with Gasteiger partial charge in [-0.25, -0.2) is 4.79 Å². The standard InChI is InChI=1S/C19H22N2O2/c1-23-19(22)16-7-9-17(10-8-16)20-18-11-12-21(14-18)13-15-5-3-2-4-6-15/h2-10,18,20H,11-14H2,1H3/t18-/m1/s1. The van der Waals surface area contributed by atoms with Crippen molar-refractivity contribution in [3.63, 3.8) is 0 Å². The van der Waals surface area contributed by atoms with Gasteiger partial charge in [0.15, 0.2) is 0 Å². The van der Waals surface area contributed by atoms with Crippen molar-refractivity contribution < 1.29 is 9.53 Å². The SMILES string of the molecule is COC(=O)c1ccc(N[C@@H]2CCN(Cc3ccccc3)C2)cc1. The molecule has 0 radical (unpaired) electrons. The minimum Gasteiger partial charge on any atom is -0.465 e. The molecule has 4 nitrogen and oxygen atoms in total. The van der Waals surface area contributed by atoms with Crippen molar-refractivity contribution in [2.75, 3.05) is 25.5 Å². The molecule has 1 heterocycles. The molecule has 3 rings (SSSR count).